The van der Waals surface area contributed by atoms with E-state index in [1.165, 1.54) is 36.4 Å². The van der Waals surface area contributed by atoms with Gasteiger partial charge in [-0.1, -0.05) is 23.7 Å². The summed E-state index contributed by atoms with van der Waals surface area (Å²) in [6, 6.07) is 13.1. The number of carbonyl (C=O) groups excluding carboxylic acids is 2. The molecule has 0 bridgehead atoms. The van der Waals surface area contributed by atoms with Crippen LogP contribution in [0.2, 0.25) is 5.02 Å². The van der Waals surface area contributed by atoms with Crippen LogP contribution in [0.15, 0.2) is 54.6 Å². The molecular weight excluding hydrogens is 461 g/mol. The molecule has 178 valence electrons. The first-order valence-electron chi connectivity index (χ1n) is 10.9. The minimum atomic E-state index is -0.668. The van der Waals surface area contributed by atoms with Crippen molar-refractivity contribution in [1.29, 1.82) is 0 Å². The second-order valence-electron chi connectivity index (χ2n) is 7.05. The SMILES string of the molecule is CCOc1cc(C(=O)Nc2ccc(Cl)cc2C(=O)c2ccccc2F)cc(OCC)c1OCC. The molecule has 3 rings (SSSR count). The number of carbonyl (C=O) groups is 2. The summed E-state index contributed by atoms with van der Waals surface area (Å²) in [5.74, 6) is -0.662. The molecule has 34 heavy (non-hydrogen) atoms. The van der Waals surface area contributed by atoms with E-state index in [0.717, 1.165) is 0 Å². The van der Waals surface area contributed by atoms with Crippen LogP contribution in [0.1, 0.15) is 47.1 Å². The average Bonchev–Trinajstić information content (AvgIpc) is 2.82. The molecule has 0 fully saturated rings. The van der Waals surface area contributed by atoms with Gasteiger partial charge in [0.05, 0.1) is 31.1 Å². The maximum atomic E-state index is 14.2. The summed E-state index contributed by atoms with van der Waals surface area (Å²) >= 11 is 6.09. The maximum Gasteiger partial charge on any atom is 0.255 e. The fourth-order valence-corrected chi connectivity index (χ4v) is 3.49. The van der Waals surface area contributed by atoms with E-state index in [4.69, 9.17) is 25.8 Å². The largest absolute Gasteiger partial charge is 0.490 e. The number of hydrogen-bond donors (Lipinski definition) is 1. The van der Waals surface area contributed by atoms with Crippen molar-refractivity contribution in [3.8, 4) is 17.2 Å². The van der Waals surface area contributed by atoms with Gasteiger partial charge in [0.2, 0.25) is 5.75 Å². The highest BCUT2D eigenvalue weighted by molar-refractivity contribution is 6.31. The molecule has 3 aromatic rings. The summed E-state index contributed by atoms with van der Waals surface area (Å²) in [5, 5.41) is 3.00. The van der Waals surface area contributed by atoms with Gasteiger partial charge in [-0.05, 0) is 63.2 Å². The Morgan fingerprint density at radius 2 is 1.47 bits per heavy atom. The van der Waals surface area contributed by atoms with E-state index in [1.54, 1.807) is 18.2 Å². The lowest BCUT2D eigenvalue weighted by molar-refractivity contribution is 0.102. The van der Waals surface area contributed by atoms with E-state index in [9.17, 15) is 14.0 Å². The topological polar surface area (TPSA) is 73.9 Å². The van der Waals surface area contributed by atoms with Crippen molar-refractivity contribution in [2.24, 2.45) is 0 Å². The van der Waals surface area contributed by atoms with Gasteiger partial charge in [0.25, 0.3) is 5.91 Å². The third kappa shape index (κ3) is 5.66. The number of amides is 1. The lowest BCUT2D eigenvalue weighted by atomic mass is 10.0. The first-order valence-corrected chi connectivity index (χ1v) is 11.2. The Labute approximate surface area is 202 Å². The highest BCUT2D eigenvalue weighted by Crippen LogP contribution is 2.39. The fourth-order valence-electron chi connectivity index (χ4n) is 3.32. The second-order valence-corrected chi connectivity index (χ2v) is 7.49. The average molecular weight is 486 g/mol. The number of ketones is 1. The van der Waals surface area contributed by atoms with Crippen LogP contribution in [-0.4, -0.2) is 31.5 Å². The first kappa shape index (κ1) is 25.1. The number of anilines is 1. The summed E-state index contributed by atoms with van der Waals surface area (Å²) in [6.07, 6.45) is 0. The summed E-state index contributed by atoms with van der Waals surface area (Å²) in [4.78, 5) is 26.2. The Morgan fingerprint density at radius 1 is 0.853 bits per heavy atom. The van der Waals surface area contributed by atoms with Crippen LogP contribution in [0, 0.1) is 5.82 Å². The van der Waals surface area contributed by atoms with Gasteiger partial charge in [0, 0.05) is 16.1 Å². The molecule has 0 heterocycles. The number of ether oxygens (including phenoxy) is 3. The third-order valence-corrected chi connectivity index (χ3v) is 5.00. The molecule has 0 aliphatic rings. The van der Waals surface area contributed by atoms with E-state index < -0.39 is 17.5 Å². The summed E-state index contributed by atoms with van der Waals surface area (Å²) in [5.41, 5.74) is 0.354. The number of rotatable bonds is 10. The molecule has 0 radical (unpaired) electrons. The minimum Gasteiger partial charge on any atom is -0.490 e. The molecule has 3 aromatic carbocycles. The van der Waals surface area contributed by atoms with Crippen LogP contribution in [0.5, 0.6) is 17.2 Å². The van der Waals surface area contributed by atoms with Gasteiger partial charge in [-0.25, -0.2) is 4.39 Å². The molecule has 0 aromatic heterocycles. The zero-order valence-electron chi connectivity index (χ0n) is 19.1. The molecule has 0 atom stereocenters. The normalized spacial score (nSPS) is 10.5. The molecule has 8 heteroatoms. The number of benzene rings is 3. The van der Waals surface area contributed by atoms with Crippen LogP contribution >= 0.6 is 11.6 Å². The van der Waals surface area contributed by atoms with Gasteiger partial charge in [0.1, 0.15) is 5.82 Å². The van der Waals surface area contributed by atoms with Gasteiger partial charge in [-0.2, -0.15) is 0 Å². The van der Waals surface area contributed by atoms with Crippen molar-refractivity contribution < 1.29 is 28.2 Å². The Morgan fingerprint density at radius 3 is 2.06 bits per heavy atom. The van der Waals surface area contributed by atoms with Crippen LogP contribution in [0.4, 0.5) is 10.1 Å². The standard InChI is InChI=1S/C26H25ClFNO5/c1-4-32-22-13-16(14-23(33-5-2)25(22)34-6-3)26(31)29-21-12-11-17(27)15-19(21)24(30)18-9-7-8-10-20(18)28/h7-15H,4-6H2,1-3H3,(H,29,31). The lowest BCUT2D eigenvalue weighted by Gasteiger charge is -2.17. The fraction of sp³-hybridized carbons (Fsp3) is 0.231. The molecule has 0 aliphatic heterocycles. The first-order chi connectivity index (χ1) is 16.4. The van der Waals surface area contributed by atoms with Crippen LogP contribution < -0.4 is 19.5 Å². The molecule has 1 amide bonds. The van der Waals surface area contributed by atoms with E-state index in [-0.39, 0.29) is 27.4 Å². The van der Waals surface area contributed by atoms with Crippen LogP contribution in [0.3, 0.4) is 0 Å². The molecule has 1 N–H and O–H groups in total. The minimum absolute atomic E-state index is 0.0620. The highest BCUT2D eigenvalue weighted by Gasteiger charge is 2.22. The molecule has 0 unspecified atom stereocenters. The summed E-state index contributed by atoms with van der Waals surface area (Å²) < 4.78 is 31.2. The number of nitrogens with one attached hydrogen (secondary N) is 1. The predicted molar refractivity (Wildman–Crippen MR) is 129 cm³/mol. The van der Waals surface area contributed by atoms with Crippen LogP contribution in [0.25, 0.3) is 0 Å². The zero-order chi connectivity index (χ0) is 24.7. The van der Waals surface area contributed by atoms with Crippen molar-refractivity contribution in [2.45, 2.75) is 20.8 Å². The van der Waals surface area contributed by atoms with E-state index in [1.807, 2.05) is 20.8 Å². The smallest absolute Gasteiger partial charge is 0.255 e. The van der Waals surface area contributed by atoms with Gasteiger partial charge < -0.3 is 19.5 Å². The van der Waals surface area contributed by atoms with Crippen molar-refractivity contribution in [2.75, 3.05) is 25.1 Å². The molecular formula is C26H25ClFNO5. The molecule has 0 spiro atoms. The quantitative estimate of drug-likeness (QED) is 0.348. The van der Waals surface area contributed by atoms with E-state index >= 15 is 0 Å². The van der Waals surface area contributed by atoms with Gasteiger partial charge in [0.15, 0.2) is 17.3 Å². The van der Waals surface area contributed by atoms with Crippen molar-refractivity contribution in [3.05, 3.63) is 82.1 Å². The Bertz CT molecular complexity index is 1170. The third-order valence-electron chi connectivity index (χ3n) is 4.76. The summed E-state index contributed by atoms with van der Waals surface area (Å²) in [6.45, 7) is 6.57. The van der Waals surface area contributed by atoms with Crippen molar-refractivity contribution in [3.63, 3.8) is 0 Å². The molecule has 0 saturated carbocycles. The highest BCUT2D eigenvalue weighted by atomic mass is 35.5. The Hall–Kier alpha value is -3.58. The van der Waals surface area contributed by atoms with E-state index in [2.05, 4.69) is 5.32 Å². The van der Waals surface area contributed by atoms with Gasteiger partial charge >= 0.3 is 0 Å². The molecule has 6 nitrogen and oxygen atoms in total. The Balaban J connectivity index is 2.00. The molecule has 0 saturated heterocycles. The predicted octanol–water partition coefficient (Wildman–Crippen LogP) is 6.16. The molecule has 0 aliphatic carbocycles. The maximum absolute atomic E-state index is 14.2. The van der Waals surface area contributed by atoms with Crippen LogP contribution in [-0.2, 0) is 0 Å². The Kier molecular flexibility index (Phi) is 8.49. The second kappa shape index (κ2) is 11.5. The van der Waals surface area contributed by atoms with Crippen molar-refractivity contribution >= 4 is 29.0 Å². The van der Waals surface area contributed by atoms with E-state index in [0.29, 0.717) is 37.1 Å². The zero-order valence-corrected chi connectivity index (χ0v) is 19.9. The van der Waals surface area contributed by atoms with Crippen molar-refractivity contribution in [1.82, 2.24) is 0 Å². The lowest BCUT2D eigenvalue weighted by Crippen LogP contribution is -2.16. The van der Waals surface area contributed by atoms with Gasteiger partial charge in [-0.15, -0.1) is 0 Å². The number of hydrogen-bond acceptors (Lipinski definition) is 5. The number of halogens is 2. The van der Waals surface area contributed by atoms with Gasteiger partial charge in [-0.3, -0.25) is 9.59 Å². The summed E-state index contributed by atoms with van der Waals surface area (Å²) in [7, 11) is 0. The monoisotopic (exact) mass is 485 g/mol.